The Balaban J connectivity index is 1.46. The number of fused-ring (bicyclic) bond motifs is 1. The average molecular weight is 431 g/mol. The van der Waals surface area contributed by atoms with Crippen molar-refractivity contribution < 1.29 is 4.79 Å². The predicted molar refractivity (Wildman–Crippen MR) is 127 cm³/mol. The molecule has 1 aromatic carbocycles. The molecule has 5 heteroatoms. The molecule has 1 unspecified atom stereocenters. The highest BCUT2D eigenvalue weighted by molar-refractivity contribution is 5.94. The van der Waals surface area contributed by atoms with Gasteiger partial charge in [-0.25, -0.2) is 0 Å². The zero-order chi connectivity index (χ0) is 22.3. The van der Waals surface area contributed by atoms with Gasteiger partial charge in [-0.15, -0.1) is 0 Å². The lowest BCUT2D eigenvalue weighted by Crippen LogP contribution is -2.28. The summed E-state index contributed by atoms with van der Waals surface area (Å²) < 4.78 is 2.10. The molecule has 0 radical (unpaired) electrons. The molecule has 0 bridgehead atoms. The average Bonchev–Trinajstić information content (AvgIpc) is 3.18. The number of hydrogen-bond donors (Lipinski definition) is 0. The smallest absolute Gasteiger partial charge is 0.274 e. The molecule has 1 amide bonds. The third-order valence-electron chi connectivity index (χ3n) is 6.52. The van der Waals surface area contributed by atoms with Gasteiger partial charge in [0, 0.05) is 43.8 Å². The van der Waals surface area contributed by atoms with Gasteiger partial charge in [0.2, 0.25) is 0 Å². The predicted octanol–water partition coefficient (Wildman–Crippen LogP) is 5.09. The first-order valence-electron chi connectivity index (χ1n) is 11.9. The van der Waals surface area contributed by atoms with Crippen LogP contribution in [0.15, 0.2) is 54.9 Å². The minimum atomic E-state index is 0.0393. The normalized spacial score (nSPS) is 15.4. The first kappa shape index (κ1) is 22.3. The van der Waals surface area contributed by atoms with Crippen LogP contribution in [0, 0.1) is 5.92 Å². The first-order valence-corrected chi connectivity index (χ1v) is 11.9. The molecule has 32 heavy (non-hydrogen) atoms. The number of rotatable bonds is 9. The van der Waals surface area contributed by atoms with E-state index in [1.165, 1.54) is 36.1 Å². The van der Waals surface area contributed by atoms with Crippen LogP contribution < -0.4 is 0 Å². The van der Waals surface area contributed by atoms with Gasteiger partial charge in [-0.3, -0.25) is 14.5 Å². The molecule has 3 aromatic rings. The van der Waals surface area contributed by atoms with E-state index in [0.717, 1.165) is 37.8 Å². The van der Waals surface area contributed by atoms with Gasteiger partial charge in [0.25, 0.3) is 5.91 Å². The van der Waals surface area contributed by atoms with Crippen LogP contribution in [0.25, 0.3) is 0 Å². The zero-order valence-corrected chi connectivity index (χ0v) is 19.3. The van der Waals surface area contributed by atoms with Crippen LogP contribution in [-0.4, -0.2) is 32.6 Å². The van der Waals surface area contributed by atoms with Crippen LogP contribution in [0.4, 0.5) is 0 Å². The standard InChI is InChI=1S/C27H34N4O/c1-3-18-31-25-13-12-22(11-7-10-21-14-16-28-17-15-21)19-24(25)26(29-31)27(32)30(2)20-23-8-5-4-6-9-23/h4-6,8-9,14-17,22H,3,7,10-13,18-20H2,1-2H3. The van der Waals surface area contributed by atoms with Crippen LogP contribution >= 0.6 is 0 Å². The number of carbonyl (C=O) groups excluding carboxylic acids is 1. The molecule has 0 aliphatic heterocycles. The quantitative estimate of drug-likeness (QED) is 0.475. The lowest BCUT2D eigenvalue weighted by Gasteiger charge is -2.24. The molecular formula is C27H34N4O. The first-order chi connectivity index (χ1) is 15.7. The van der Waals surface area contributed by atoms with Gasteiger partial charge in [-0.2, -0.15) is 5.10 Å². The number of carbonyl (C=O) groups is 1. The second-order valence-corrected chi connectivity index (χ2v) is 9.00. The molecule has 0 N–H and O–H groups in total. The maximum atomic E-state index is 13.4. The van der Waals surface area contributed by atoms with Crippen molar-refractivity contribution >= 4 is 5.91 Å². The fourth-order valence-electron chi connectivity index (χ4n) is 4.83. The van der Waals surface area contributed by atoms with Gasteiger partial charge in [-0.1, -0.05) is 37.3 Å². The monoisotopic (exact) mass is 430 g/mol. The molecule has 2 heterocycles. The van der Waals surface area contributed by atoms with E-state index in [1.54, 1.807) is 4.90 Å². The summed E-state index contributed by atoms with van der Waals surface area (Å²) in [6, 6.07) is 14.4. The summed E-state index contributed by atoms with van der Waals surface area (Å²) in [5.74, 6) is 0.659. The van der Waals surface area contributed by atoms with Crippen molar-refractivity contribution in [2.24, 2.45) is 5.92 Å². The number of nitrogens with zero attached hydrogens (tertiary/aromatic N) is 4. The Morgan fingerprint density at radius 3 is 2.66 bits per heavy atom. The molecule has 1 aliphatic carbocycles. The third-order valence-corrected chi connectivity index (χ3v) is 6.52. The molecule has 168 valence electrons. The van der Waals surface area contributed by atoms with Gasteiger partial charge in [0.1, 0.15) is 0 Å². The fourth-order valence-corrected chi connectivity index (χ4v) is 4.83. The van der Waals surface area contributed by atoms with Crippen LogP contribution in [0.1, 0.15) is 65.5 Å². The number of pyridine rings is 1. The summed E-state index contributed by atoms with van der Waals surface area (Å²) >= 11 is 0. The van der Waals surface area contributed by atoms with E-state index >= 15 is 0 Å². The Labute approximate surface area is 191 Å². The highest BCUT2D eigenvalue weighted by Gasteiger charge is 2.30. The lowest BCUT2D eigenvalue weighted by atomic mass is 9.83. The molecular weight excluding hydrogens is 396 g/mol. The molecule has 0 spiro atoms. The van der Waals surface area contributed by atoms with Crippen LogP contribution in [-0.2, 0) is 32.4 Å². The van der Waals surface area contributed by atoms with Crippen LogP contribution in [0.5, 0.6) is 0 Å². The summed E-state index contributed by atoms with van der Waals surface area (Å²) in [6.45, 7) is 3.65. The number of benzene rings is 1. The Bertz CT molecular complexity index is 1010. The topological polar surface area (TPSA) is 51.0 Å². The van der Waals surface area contributed by atoms with E-state index in [2.05, 4.69) is 40.9 Å². The summed E-state index contributed by atoms with van der Waals surface area (Å²) in [4.78, 5) is 19.3. The van der Waals surface area contributed by atoms with Crippen molar-refractivity contribution in [3.63, 3.8) is 0 Å². The minimum absolute atomic E-state index is 0.0393. The fraction of sp³-hybridized carbons (Fsp3) is 0.444. The third kappa shape index (κ3) is 5.26. The van der Waals surface area contributed by atoms with E-state index in [0.29, 0.717) is 18.2 Å². The second-order valence-electron chi connectivity index (χ2n) is 9.00. The Morgan fingerprint density at radius 2 is 1.91 bits per heavy atom. The maximum absolute atomic E-state index is 13.4. The minimum Gasteiger partial charge on any atom is -0.336 e. The van der Waals surface area contributed by atoms with Gasteiger partial charge < -0.3 is 4.90 Å². The summed E-state index contributed by atoms with van der Waals surface area (Å²) in [7, 11) is 1.88. The molecule has 4 rings (SSSR count). The van der Waals surface area contributed by atoms with Crippen molar-refractivity contribution in [3.8, 4) is 0 Å². The molecule has 0 fully saturated rings. The van der Waals surface area contributed by atoms with E-state index < -0.39 is 0 Å². The van der Waals surface area contributed by atoms with Crippen molar-refractivity contribution in [1.29, 1.82) is 0 Å². The molecule has 0 saturated heterocycles. The number of aryl methyl sites for hydroxylation is 2. The Kier molecular flexibility index (Phi) is 7.35. The lowest BCUT2D eigenvalue weighted by molar-refractivity contribution is 0.0777. The highest BCUT2D eigenvalue weighted by Crippen LogP contribution is 2.32. The zero-order valence-electron chi connectivity index (χ0n) is 19.3. The molecule has 1 aliphatic rings. The molecule has 0 saturated carbocycles. The van der Waals surface area contributed by atoms with E-state index in [9.17, 15) is 4.79 Å². The Hall–Kier alpha value is -2.95. The van der Waals surface area contributed by atoms with Crippen molar-refractivity contribution in [1.82, 2.24) is 19.7 Å². The van der Waals surface area contributed by atoms with Crippen LogP contribution in [0.3, 0.4) is 0 Å². The molecule has 5 nitrogen and oxygen atoms in total. The SMILES string of the molecule is CCCn1nc(C(=O)N(C)Cc2ccccc2)c2c1CCC(CCCc1ccncc1)C2. The van der Waals surface area contributed by atoms with Crippen molar-refractivity contribution in [3.05, 3.63) is 82.9 Å². The maximum Gasteiger partial charge on any atom is 0.274 e. The van der Waals surface area contributed by atoms with Gasteiger partial charge in [-0.05, 0) is 74.1 Å². The largest absolute Gasteiger partial charge is 0.336 e. The number of amides is 1. The number of hydrogen-bond acceptors (Lipinski definition) is 3. The molecule has 2 aromatic heterocycles. The Morgan fingerprint density at radius 1 is 1.12 bits per heavy atom. The summed E-state index contributed by atoms with van der Waals surface area (Å²) in [6.07, 6.45) is 11.4. The molecule has 1 atom stereocenters. The van der Waals surface area contributed by atoms with Crippen molar-refractivity contribution in [2.45, 2.75) is 65.0 Å². The second kappa shape index (κ2) is 10.6. The van der Waals surface area contributed by atoms with E-state index in [-0.39, 0.29) is 5.91 Å². The van der Waals surface area contributed by atoms with Gasteiger partial charge >= 0.3 is 0 Å². The van der Waals surface area contributed by atoms with Crippen LogP contribution in [0.2, 0.25) is 0 Å². The van der Waals surface area contributed by atoms with E-state index in [4.69, 9.17) is 5.10 Å². The van der Waals surface area contributed by atoms with Crippen molar-refractivity contribution in [2.75, 3.05) is 7.05 Å². The summed E-state index contributed by atoms with van der Waals surface area (Å²) in [5, 5.41) is 4.83. The van der Waals surface area contributed by atoms with Gasteiger partial charge in [0.05, 0.1) is 0 Å². The van der Waals surface area contributed by atoms with Gasteiger partial charge in [0.15, 0.2) is 5.69 Å². The van der Waals surface area contributed by atoms with E-state index in [1.807, 2.05) is 37.6 Å². The number of aromatic nitrogens is 3. The highest BCUT2D eigenvalue weighted by atomic mass is 16.2. The summed E-state index contributed by atoms with van der Waals surface area (Å²) in [5.41, 5.74) is 5.65.